The lowest BCUT2D eigenvalue weighted by Crippen LogP contribution is -2.38. The average molecular weight is 425 g/mol. The third kappa shape index (κ3) is 3.96. The Hall–Kier alpha value is -2.03. The Morgan fingerprint density at radius 3 is 2.67 bits per heavy atom. The van der Waals surface area contributed by atoms with Crippen molar-refractivity contribution in [1.29, 1.82) is 0 Å². The standard InChI is InChI=1S/C21H31F3N6/c1-5-14-9-17(21(22,23)24)30-18(26-14)10-15(28-30)16-7-6-8-29(16)12-13-11-25-27-19(13)20(2,3)4/h10-11,14,16-17,26H,5-9,12H2,1-4H3,(H,25,27)/t14-,16?,17-/m1/s1. The number of H-pyrrole nitrogens is 1. The Labute approximate surface area is 175 Å². The molecule has 0 amide bonds. The Morgan fingerprint density at radius 1 is 1.23 bits per heavy atom. The summed E-state index contributed by atoms with van der Waals surface area (Å²) in [6.07, 6.45) is 0.129. The minimum atomic E-state index is -4.30. The molecule has 4 heterocycles. The van der Waals surface area contributed by atoms with E-state index in [9.17, 15) is 13.2 Å². The summed E-state index contributed by atoms with van der Waals surface area (Å²) in [6.45, 7) is 9.94. The lowest BCUT2D eigenvalue weighted by molar-refractivity contribution is -0.173. The average Bonchev–Trinajstić information content (AvgIpc) is 3.38. The number of hydrogen-bond donors (Lipinski definition) is 2. The first-order chi connectivity index (χ1) is 14.1. The van der Waals surface area contributed by atoms with E-state index in [0.717, 1.165) is 41.0 Å². The van der Waals surface area contributed by atoms with Gasteiger partial charge in [0.2, 0.25) is 0 Å². The van der Waals surface area contributed by atoms with Crippen molar-refractivity contribution in [1.82, 2.24) is 24.9 Å². The number of rotatable bonds is 4. The molecule has 0 aromatic carbocycles. The normalized spacial score (nSPS) is 25.4. The van der Waals surface area contributed by atoms with Crippen LogP contribution in [0.15, 0.2) is 12.3 Å². The van der Waals surface area contributed by atoms with E-state index in [1.54, 1.807) is 0 Å². The summed E-state index contributed by atoms with van der Waals surface area (Å²) < 4.78 is 42.2. The van der Waals surface area contributed by atoms with Crippen LogP contribution in [0.3, 0.4) is 0 Å². The first-order valence-electron chi connectivity index (χ1n) is 10.8. The van der Waals surface area contributed by atoms with E-state index in [2.05, 4.69) is 46.3 Å². The third-order valence-electron chi connectivity index (χ3n) is 6.33. The topological polar surface area (TPSA) is 61.8 Å². The van der Waals surface area contributed by atoms with Crippen molar-refractivity contribution >= 4 is 5.82 Å². The van der Waals surface area contributed by atoms with Gasteiger partial charge in [0.15, 0.2) is 6.04 Å². The van der Waals surface area contributed by atoms with Gasteiger partial charge in [0.25, 0.3) is 0 Å². The van der Waals surface area contributed by atoms with Crippen molar-refractivity contribution < 1.29 is 13.2 Å². The fraction of sp³-hybridized carbons (Fsp3) is 0.714. The number of fused-ring (bicyclic) bond motifs is 1. The maximum absolute atomic E-state index is 13.7. The number of anilines is 1. The molecule has 9 heteroatoms. The fourth-order valence-electron chi connectivity index (χ4n) is 4.75. The van der Waals surface area contributed by atoms with E-state index in [1.165, 1.54) is 0 Å². The summed E-state index contributed by atoms with van der Waals surface area (Å²) in [6, 6.07) is 0.0859. The Balaban J connectivity index is 1.60. The minimum absolute atomic E-state index is 0.0154. The molecule has 30 heavy (non-hydrogen) atoms. The van der Waals surface area contributed by atoms with E-state index in [-0.39, 0.29) is 23.9 Å². The monoisotopic (exact) mass is 424 g/mol. The summed E-state index contributed by atoms with van der Waals surface area (Å²) in [5.41, 5.74) is 2.91. The smallest absolute Gasteiger partial charge is 0.367 e. The van der Waals surface area contributed by atoms with Crippen molar-refractivity contribution in [2.45, 2.75) is 89.6 Å². The molecule has 2 aromatic heterocycles. The van der Waals surface area contributed by atoms with Gasteiger partial charge in [-0.2, -0.15) is 23.4 Å². The summed E-state index contributed by atoms with van der Waals surface area (Å²) in [5, 5.41) is 15.1. The molecule has 2 aromatic rings. The highest BCUT2D eigenvalue weighted by Crippen LogP contribution is 2.42. The van der Waals surface area contributed by atoms with E-state index in [0.29, 0.717) is 18.8 Å². The zero-order valence-corrected chi connectivity index (χ0v) is 18.1. The predicted molar refractivity (Wildman–Crippen MR) is 109 cm³/mol. The van der Waals surface area contributed by atoms with Crippen LogP contribution in [0, 0.1) is 0 Å². The largest absolute Gasteiger partial charge is 0.410 e. The molecule has 0 bridgehead atoms. The molecule has 0 saturated carbocycles. The molecule has 2 aliphatic heterocycles. The van der Waals surface area contributed by atoms with Gasteiger partial charge in [-0.15, -0.1) is 0 Å². The number of alkyl halides is 3. The SMILES string of the molecule is CC[C@@H]1C[C@H](C(F)(F)F)n2nc(C3CCCN3Cc3cn[nH]c3C(C)(C)C)cc2N1. The second kappa shape index (κ2) is 7.59. The van der Waals surface area contributed by atoms with Gasteiger partial charge >= 0.3 is 6.18 Å². The molecule has 4 rings (SSSR count). The maximum atomic E-state index is 13.7. The number of nitrogens with one attached hydrogen (secondary N) is 2. The highest BCUT2D eigenvalue weighted by Gasteiger charge is 2.46. The van der Waals surface area contributed by atoms with Crippen molar-refractivity contribution in [2.75, 3.05) is 11.9 Å². The third-order valence-corrected chi connectivity index (χ3v) is 6.33. The molecular weight excluding hydrogens is 393 g/mol. The number of nitrogens with zero attached hydrogens (tertiary/aromatic N) is 4. The van der Waals surface area contributed by atoms with E-state index < -0.39 is 12.2 Å². The molecule has 1 unspecified atom stereocenters. The zero-order valence-electron chi connectivity index (χ0n) is 18.1. The van der Waals surface area contributed by atoms with Crippen LogP contribution >= 0.6 is 0 Å². The highest BCUT2D eigenvalue weighted by atomic mass is 19.4. The molecule has 1 saturated heterocycles. The van der Waals surface area contributed by atoms with Crippen LogP contribution in [0.25, 0.3) is 0 Å². The van der Waals surface area contributed by atoms with Gasteiger partial charge in [-0.1, -0.05) is 27.7 Å². The van der Waals surface area contributed by atoms with Gasteiger partial charge in [0.1, 0.15) is 5.82 Å². The van der Waals surface area contributed by atoms with E-state index in [1.807, 2.05) is 19.2 Å². The lowest BCUT2D eigenvalue weighted by atomic mass is 9.89. The van der Waals surface area contributed by atoms with Crippen LogP contribution in [-0.4, -0.2) is 43.6 Å². The van der Waals surface area contributed by atoms with Gasteiger partial charge in [-0.3, -0.25) is 10.00 Å². The summed E-state index contributed by atoms with van der Waals surface area (Å²) >= 11 is 0. The van der Waals surface area contributed by atoms with Gasteiger partial charge < -0.3 is 5.32 Å². The van der Waals surface area contributed by atoms with Crippen molar-refractivity contribution in [2.24, 2.45) is 0 Å². The maximum Gasteiger partial charge on any atom is 0.410 e. The molecule has 0 aliphatic carbocycles. The Bertz CT molecular complexity index is 878. The van der Waals surface area contributed by atoms with Crippen molar-refractivity contribution in [3.05, 3.63) is 29.2 Å². The van der Waals surface area contributed by atoms with Crippen LogP contribution in [0.2, 0.25) is 0 Å². The molecule has 0 radical (unpaired) electrons. The predicted octanol–water partition coefficient (Wildman–Crippen LogP) is 4.94. The number of halogens is 3. The van der Waals surface area contributed by atoms with E-state index in [4.69, 9.17) is 0 Å². The number of likely N-dealkylation sites (tertiary alicyclic amines) is 1. The van der Waals surface area contributed by atoms with E-state index >= 15 is 0 Å². The Kier molecular flexibility index (Phi) is 5.36. The lowest BCUT2D eigenvalue weighted by Gasteiger charge is -2.32. The summed E-state index contributed by atoms with van der Waals surface area (Å²) in [5.74, 6) is 0.482. The van der Waals surface area contributed by atoms with Crippen molar-refractivity contribution in [3.8, 4) is 0 Å². The number of hydrogen-bond acceptors (Lipinski definition) is 4. The molecule has 2 N–H and O–H groups in total. The highest BCUT2D eigenvalue weighted by molar-refractivity contribution is 5.42. The number of aromatic amines is 1. The number of aromatic nitrogens is 4. The second-order valence-corrected chi connectivity index (χ2v) is 9.59. The van der Waals surface area contributed by atoms with Crippen molar-refractivity contribution in [3.63, 3.8) is 0 Å². The van der Waals surface area contributed by atoms with Gasteiger partial charge in [0.05, 0.1) is 17.9 Å². The van der Waals surface area contributed by atoms with Gasteiger partial charge in [0, 0.05) is 35.3 Å². The molecular formula is C21H31F3N6. The minimum Gasteiger partial charge on any atom is -0.367 e. The summed E-state index contributed by atoms with van der Waals surface area (Å²) in [7, 11) is 0. The zero-order chi connectivity index (χ0) is 21.7. The van der Waals surface area contributed by atoms with Gasteiger partial charge in [-0.05, 0) is 32.2 Å². The first-order valence-corrected chi connectivity index (χ1v) is 10.8. The van der Waals surface area contributed by atoms with Crippen LogP contribution < -0.4 is 5.32 Å². The molecule has 6 nitrogen and oxygen atoms in total. The molecule has 2 aliphatic rings. The molecule has 3 atom stereocenters. The fourth-order valence-corrected chi connectivity index (χ4v) is 4.75. The quantitative estimate of drug-likeness (QED) is 0.730. The van der Waals surface area contributed by atoms with Crippen LogP contribution in [0.1, 0.15) is 82.4 Å². The van der Waals surface area contributed by atoms with Crippen LogP contribution in [0.4, 0.5) is 19.0 Å². The Morgan fingerprint density at radius 2 is 2.00 bits per heavy atom. The molecule has 0 spiro atoms. The van der Waals surface area contributed by atoms with Gasteiger partial charge in [-0.25, -0.2) is 4.68 Å². The molecule has 1 fully saturated rings. The van der Waals surface area contributed by atoms with Crippen LogP contribution in [0.5, 0.6) is 0 Å². The second-order valence-electron chi connectivity index (χ2n) is 9.59. The van der Waals surface area contributed by atoms with Crippen LogP contribution in [-0.2, 0) is 12.0 Å². The summed E-state index contributed by atoms with van der Waals surface area (Å²) in [4.78, 5) is 2.31. The molecule has 166 valence electrons. The first kappa shape index (κ1) is 21.2.